The van der Waals surface area contributed by atoms with E-state index in [2.05, 4.69) is 11.3 Å². The summed E-state index contributed by atoms with van der Waals surface area (Å²) in [6.07, 6.45) is 1.47. The molecule has 2 aromatic carbocycles. The Balaban J connectivity index is 2.56. The maximum Gasteiger partial charge on any atom is 0.339 e. The summed E-state index contributed by atoms with van der Waals surface area (Å²) in [5.74, 6) is -0.641. The van der Waals surface area contributed by atoms with Crippen molar-refractivity contribution in [3.63, 3.8) is 0 Å². The fourth-order valence-electron chi connectivity index (χ4n) is 2.11. The van der Waals surface area contributed by atoms with Crippen molar-refractivity contribution in [2.45, 2.75) is 4.90 Å². The number of nitrogens with zero attached hydrogens (tertiary/aromatic N) is 1. The second-order valence-electron chi connectivity index (χ2n) is 4.79. The molecule has 0 amide bonds. The maximum absolute atomic E-state index is 12.9. The van der Waals surface area contributed by atoms with E-state index < -0.39 is 16.0 Å². The molecule has 126 valence electrons. The molecule has 0 aliphatic rings. The number of sulfonamides is 1. The van der Waals surface area contributed by atoms with Gasteiger partial charge in [-0.05, 0) is 30.3 Å². The van der Waals surface area contributed by atoms with Crippen LogP contribution in [0.2, 0.25) is 5.02 Å². The Morgan fingerprint density at radius 1 is 1.25 bits per heavy atom. The van der Waals surface area contributed by atoms with E-state index in [9.17, 15) is 13.2 Å². The third-order valence-corrected chi connectivity index (χ3v) is 5.41. The van der Waals surface area contributed by atoms with Crippen LogP contribution in [-0.2, 0) is 14.8 Å². The molecule has 5 nitrogen and oxygen atoms in total. The van der Waals surface area contributed by atoms with E-state index in [1.165, 1.54) is 43.5 Å². The van der Waals surface area contributed by atoms with Gasteiger partial charge in [-0.3, -0.25) is 4.31 Å². The average molecular weight is 366 g/mol. The second-order valence-corrected chi connectivity index (χ2v) is 7.06. The molecule has 0 N–H and O–H groups in total. The van der Waals surface area contributed by atoms with Crippen LogP contribution in [0, 0.1) is 0 Å². The van der Waals surface area contributed by atoms with Gasteiger partial charge >= 0.3 is 5.97 Å². The minimum Gasteiger partial charge on any atom is -0.465 e. The average Bonchev–Trinajstić information content (AvgIpc) is 2.60. The predicted octanol–water partition coefficient (Wildman–Crippen LogP) is 3.51. The van der Waals surface area contributed by atoms with Gasteiger partial charge in [-0.2, -0.15) is 0 Å². The van der Waals surface area contributed by atoms with Crippen molar-refractivity contribution in [2.75, 3.05) is 18.0 Å². The molecule has 0 atom stereocenters. The summed E-state index contributed by atoms with van der Waals surface area (Å²) in [6.45, 7) is 3.64. The summed E-state index contributed by atoms with van der Waals surface area (Å²) in [5.41, 5.74) is 0.387. The summed E-state index contributed by atoms with van der Waals surface area (Å²) < 4.78 is 31.6. The number of hydrogen-bond donors (Lipinski definition) is 0. The first-order chi connectivity index (χ1) is 11.4. The van der Waals surface area contributed by atoms with Gasteiger partial charge in [0.1, 0.15) is 0 Å². The lowest BCUT2D eigenvalue weighted by atomic mass is 10.2. The molecule has 0 aliphatic heterocycles. The molecular weight excluding hydrogens is 350 g/mol. The Morgan fingerprint density at radius 2 is 1.92 bits per heavy atom. The van der Waals surface area contributed by atoms with Crippen LogP contribution in [-0.4, -0.2) is 28.0 Å². The first-order valence-corrected chi connectivity index (χ1v) is 8.80. The van der Waals surface area contributed by atoms with Gasteiger partial charge in [-0.25, -0.2) is 13.2 Å². The Hall–Kier alpha value is -2.31. The number of benzene rings is 2. The van der Waals surface area contributed by atoms with Gasteiger partial charge in [0, 0.05) is 0 Å². The Labute approximate surface area is 146 Å². The molecule has 24 heavy (non-hydrogen) atoms. The van der Waals surface area contributed by atoms with E-state index >= 15 is 0 Å². The van der Waals surface area contributed by atoms with Crippen molar-refractivity contribution in [1.29, 1.82) is 0 Å². The summed E-state index contributed by atoms with van der Waals surface area (Å²) in [4.78, 5) is 11.9. The van der Waals surface area contributed by atoms with Crippen LogP contribution in [0.5, 0.6) is 0 Å². The number of hydrogen-bond acceptors (Lipinski definition) is 4. The zero-order valence-corrected chi connectivity index (χ0v) is 14.5. The highest BCUT2D eigenvalue weighted by atomic mass is 35.5. The third kappa shape index (κ3) is 3.60. The van der Waals surface area contributed by atoms with Crippen molar-refractivity contribution in [1.82, 2.24) is 0 Å². The van der Waals surface area contributed by atoms with Gasteiger partial charge in [0.05, 0.1) is 34.8 Å². The molecule has 0 radical (unpaired) electrons. The Kier molecular flexibility index (Phi) is 5.64. The summed E-state index contributed by atoms with van der Waals surface area (Å²) in [7, 11) is -2.58. The summed E-state index contributed by atoms with van der Waals surface area (Å²) in [6, 6.07) is 12.4. The smallest absolute Gasteiger partial charge is 0.339 e. The monoisotopic (exact) mass is 365 g/mol. The van der Waals surface area contributed by atoms with Crippen LogP contribution >= 0.6 is 11.6 Å². The number of carbonyl (C=O) groups is 1. The van der Waals surface area contributed by atoms with E-state index in [0.717, 1.165) is 4.31 Å². The molecule has 0 aliphatic carbocycles. The zero-order valence-electron chi connectivity index (χ0n) is 13.0. The topological polar surface area (TPSA) is 63.7 Å². The van der Waals surface area contributed by atoms with Crippen LogP contribution in [0.1, 0.15) is 10.4 Å². The lowest BCUT2D eigenvalue weighted by molar-refractivity contribution is 0.0601. The van der Waals surface area contributed by atoms with Crippen molar-refractivity contribution in [3.8, 4) is 0 Å². The fourth-order valence-corrected chi connectivity index (χ4v) is 3.76. The minimum absolute atomic E-state index is 0.0411. The van der Waals surface area contributed by atoms with Crippen LogP contribution in [0.25, 0.3) is 0 Å². The molecular formula is C17H16ClNO4S. The predicted molar refractivity (Wildman–Crippen MR) is 94.0 cm³/mol. The lowest BCUT2D eigenvalue weighted by Gasteiger charge is -2.23. The van der Waals surface area contributed by atoms with E-state index in [-0.39, 0.29) is 22.0 Å². The number of methoxy groups -OCH3 is 1. The van der Waals surface area contributed by atoms with Crippen LogP contribution in [0.3, 0.4) is 0 Å². The number of ether oxygens (including phenoxy) is 1. The van der Waals surface area contributed by atoms with Gasteiger partial charge in [0.2, 0.25) is 0 Å². The van der Waals surface area contributed by atoms with Gasteiger partial charge in [-0.15, -0.1) is 6.58 Å². The molecule has 0 bridgehead atoms. The molecule has 0 fully saturated rings. The number of esters is 1. The van der Waals surface area contributed by atoms with Crippen molar-refractivity contribution < 1.29 is 17.9 Å². The summed E-state index contributed by atoms with van der Waals surface area (Å²) >= 11 is 5.99. The molecule has 0 saturated heterocycles. The molecule has 0 heterocycles. The van der Waals surface area contributed by atoms with E-state index in [0.29, 0.717) is 5.69 Å². The normalized spacial score (nSPS) is 10.9. The first kappa shape index (κ1) is 18.0. The molecule has 2 rings (SSSR count). The number of rotatable bonds is 6. The highest BCUT2D eigenvalue weighted by Gasteiger charge is 2.25. The van der Waals surface area contributed by atoms with E-state index in [4.69, 9.17) is 11.6 Å². The Bertz CT molecular complexity index is 850. The van der Waals surface area contributed by atoms with Crippen LogP contribution < -0.4 is 4.31 Å². The molecule has 2 aromatic rings. The van der Waals surface area contributed by atoms with Crippen molar-refractivity contribution in [2.24, 2.45) is 0 Å². The number of carbonyl (C=O) groups excluding carboxylic acids is 1. The standard InChI is InChI=1S/C17H16ClNO4S/c1-3-11-19(24(21,22)14-7-5-4-6-8-14)13-9-10-16(18)15(12-13)17(20)23-2/h3-10,12H,1,11H2,2H3. The first-order valence-electron chi connectivity index (χ1n) is 6.98. The molecule has 0 aromatic heterocycles. The molecule has 7 heteroatoms. The van der Waals surface area contributed by atoms with Crippen LogP contribution in [0.4, 0.5) is 5.69 Å². The highest BCUT2D eigenvalue weighted by molar-refractivity contribution is 7.92. The molecule has 0 spiro atoms. The molecule has 0 saturated carbocycles. The van der Waals surface area contributed by atoms with Gasteiger partial charge in [0.25, 0.3) is 10.0 Å². The lowest BCUT2D eigenvalue weighted by Crippen LogP contribution is -2.31. The number of anilines is 1. The van der Waals surface area contributed by atoms with Crippen molar-refractivity contribution >= 4 is 33.3 Å². The van der Waals surface area contributed by atoms with E-state index in [1.807, 2.05) is 0 Å². The minimum atomic E-state index is -3.81. The van der Waals surface area contributed by atoms with Gasteiger partial charge < -0.3 is 4.74 Å². The molecule has 0 unspecified atom stereocenters. The number of halogens is 1. The fraction of sp³-hybridized carbons (Fsp3) is 0.118. The summed E-state index contributed by atoms with van der Waals surface area (Å²) in [5, 5.41) is 0.182. The van der Waals surface area contributed by atoms with Gasteiger partial charge in [0.15, 0.2) is 0 Å². The van der Waals surface area contributed by atoms with Gasteiger partial charge in [-0.1, -0.05) is 35.9 Å². The van der Waals surface area contributed by atoms with E-state index in [1.54, 1.807) is 18.2 Å². The van der Waals surface area contributed by atoms with Crippen molar-refractivity contribution in [3.05, 3.63) is 71.8 Å². The second kappa shape index (κ2) is 7.51. The van der Waals surface area contributed by atoms with Crippen LogP contribution in [0.15, 0.2) is 66.1 Å². The third-order valence-electron chi connectivity index (χ3n) is 3.27. The highest BCUT2D eigenvalue weighted by Crippen LogP contribution is 2.28. The maximum atomic E-state index is 12.9. The quantitative estimate of drug-likeness (QED) is 0.580. The Morgan fingerprint density at radius 3 is 2.50 bits per heavy atom. The largest absolute Gasteiger partial charge is 0.465 e. The SMILES string of the molecule is C=CCN(c1ccc(Cl)c(C(=O)OC)c1)S(=O)(=O)c1ccccc1. The zero-order chi connectivity index (χ0) is 17.7.